The Balaban J connectivity index is 0.00000308. The Morgan fingerprint density at radius 3 is 2.17 bits per heavy atom. The van der Waals surface area contributed by atoms with Crippen molar-refractivity contribution in [2.75, 3.05) is 16.0 Å². The third kappa shape index (κ3) is 6.12. The van der Waals surface area contributed by atoms with Crippen LogP contribution in [0.5, 0.6) is 0 Å². The van der Waals surface area contributed by atoms with Crippen LogP contribution in [0.3, 0.4) is 0 Å². The van der Waals surface area contributed by atoms with Gasteiger partial charge in [-0.2, -0.15) is 0 Å². The lowest BCUT2D eigenvalue weighted by atomic mass is 10.1. The molecule has 40 heavy (non-hydrogen) atoms. The van der Waals surface area contributed by atoms with Gasteiger partial charge in [0.2, 0.25) is 11.8 Å². The summed E-state index contributed by atoms with van der Waals surface area (Å²) < 4.78 is 27.5. The summed E-state index contributed by atoms with van der Waals surface area (Å²) in [7, 11) is 0. The Kier molecular flexibility index (Phi) is 9.10. The molecule has 0 heterocycles. The van der Waals surface area contributed by atoms with Gasteiger partial charge < -0.3 is 16.0 Å². The largest absolute Gasteiger partial charge is 0.326 e. The Morgan fingerprint density at radius 2 is 1.55 bits per heavy atom. The number of carbonyl (C=O) groups excluding carboxylic acids is 3. The van der Waals surface area contributed by atoms with E-state index in [9.17, 15) is 23.2 Å². The van der Waals surface area contributed by atoms with Crippen LogP contribution < -0.4 is 16.0 Å². The number of hydrogen-bond acceptors (Lipinski definition) is 3. The molecular weight excluding hydrogens is 653 g/mol. The van der Waals surface area contributed by atoms with Gasteiger partial charge in [-0.1, -0.05) is 53.3 Å². The number of anilines is 3. The Labute approximate surface area is 261 Å². The lowest BCUT2D eigenvalue weighted by Gasteiger charge is -2.13. The fourth-order valence-corrected chi connectivity index (χ4v) is 5.65. The van der Waals surface area contributed by atoms with Crippen LogP contribution in [-0.2, 0) is 9.59 Å². The van der Waals surface area contributed by atoms with E-state index in [0.717, 1.165) is 12.1 Å². The molecule has 14 heteroatoms. The molecule has 3 aromatic rings. The Bertz CT molecular complexity index is 1540. The maximum absolute atomic E-state index is 14.9. The van der Waals surface area contributed by atoms with Crippen LogP contribution in [0.1, 0.15) is 39.5 Å². The van der Waals surface area contributed by atoms with E-state index in [4.69, 9.17) is 69.6 Å². The Hall–Kier alpha value is -2.33. The number of rotatable bonds is 7. The second kappa shape index (κ2) is 11.9. The van der Waals surface area contributed by atoms with E-state index >= 15 is 0 Å². The average molecular weight is 676 g/mol. The van der Waals surface area contributed by atoms with E-state index < -0.39 is 56.9 Å². The summed E-state index contributed by atoms with van der Waals surface area (Å²) in [5.74, 6) is -5.80. The van der Waals surface area contributed by atoms with Gasteiger partial charge in [0.25, 0.3) is 5.91 Å². The first kappa shape index (κ1) is 30.6. The molecule has 2 atom stereocenters. The molecule has 1 saturated carbocycles. The molecule has 216 valence electrons. The summed E-state index contributed by atoms with van der Waals surface area (Å²) in [6.07, 6.45) is -0.0130. The summed E-state index contributed by atoms with van der Waals surface area (Å²) in [6, 6.07) is 8.96. The first-order valence-corrected chi connectivity index (χ1v) is 13.7. The monoisotopic (exact) mass is 673 g/mol. The third-order valence-corrected chi connectivity index (χ3v) is 8.57. The molecule has 0 radical (unpaired) electrons. The van der Waals surface area contributed by atoms with E-state index in [-0.39, 0.29) is 42.0 Å². The minimum atomic E-state index is -1.47. The van der Waals surface area contributed by atoms with Crippen LogP contribution in [0.15, 0.2) is 42.5 Å². The van der Waals surface area contributed by atoms with Gasteiger partial charge in [0.1, 0.15) is 15.8 Å². The molecule has 0 aromatic heterocycles. The van der Waals surface area contributed by atoms with Gasteiger partial charge in [0, 0.05) is 22.3 Å². The van der Waals surface area contributed by atoms with E-state index in [1.54, 1.807) is 0 Å². The molecule has 4 rings (SSSR count). The zero-order chi connectivity index (χ0) is 29.5. The lowest BCUT2D eigenvalue weighted by molar-refractivity contribution is -0.117. The highest BCUT2D eigenvalue weighted by Crippen LogP contribution is 2.65. The highest BCUT2D eigenvalue weighted by atomic mass is 35.5. The number of alkyl halides is 2. The van der Waals surface area contributed by atoms with Crippen LogP contribution >= 0.6 is 69.6 Å². The van der Waals surface area contributed by atoms with Crippen molar-refractivity contribution < 1.29 is 27.4 Å². The smallest absolute Gasteiger partial charge is 0.257 e. The van der Waals surface area contributed by atoms with Crippen molar-refractivity contribution >= 4 is 104 Å². The average Bonchev–Trinajstić information content (AvgIpc) is 3.49. The normalized spacial score (nSPS) is 17.2. The summed E-state index contributed by atoms with van der Waals surface area (Å²) in [6.45, 7) is 1.51. The fraction of sp³-hybridized carbons (Fsp3) is 0.192. The zero-order valence-corrected chi connectivity index (χ0v) is 24.7. The zero-order valence-electron chi connectivity index (χ0n) is 20.2. The summed E-state index contributed by atoms with van der Waals surface area (Å²) in [5.41, 5.74) is -0.564. The van der Waals surface area contributed by atoms with Crippen molar-refractivity contribution in [1.82, 2.24) is 0 Å². The summed E-state index contributed by atoms with van der Waals surface area (Å²) in [4.78, 5) is 37.6. The summed E-state index contributed by atoms with van der Waals surface area (Å²) >= 11 is 37.2. The van der Waals surface area contributed by atoms with Gasteiger partial charge in [0.05, 0.1) is 37.3 Å². The van der Waals surface area contributed by atoms with Gasteiger partial charge in [-0.25, -0.2) is 8.78 Å². The van der Waals surface area contributed by atoms with Gasteiger partial charge in [0.15, 0.2) is 5.82 Å². The van der Waals surface area contributed by atoms with E-state index in [0.29, 0.717) is 5.56 Å². The molecular formula is C26H23Cl6F2N3O3. The Morgan fingerprint density at radius 1 is 0.900 bits per heavy atom. The maximum Gasteiger partial charge on any atom is 0.257 e. The van der Waals surface area contributed by atoms with Crippen LogP contribution in [-0.4, -0.2) is 22.1 Å². The molecule has 0 spiro atoms. The van der Waals surface area contributed by atoms with E-state index in [1.807, 2.05) is 0 Å². The second-order valence-electron chi connectivity index (χ2n) is 8.75. The topological polar surface area (TPSA) is 87.3 Å². The minimum Gasteiger partial charge on any atom is -0.326 e. The highest BCUT2D eigenvalue weighted by Gasteiger charge is 2.67. The predicted octanol–water partition coefficient (Wildman–Crippen LogP) is 9.44. The molecule has 0 bridgehead atoms. The van der Waals surface area contributed by atoms with E-state index in [1.165, 1.54) is 37.3 Å². The first-order chi connectivity index (χ1) is 18.8. The van der Waals surface area contributed by atoms with Gasteiger partial charge in [-0.15, -0.1) is 23.2 Å². The molecule has 3 N–H and O–H groups in total. The van der Waals surface area contributed by atoms with Crippen molar-refractivity contribution in [1.29, 1.82) is 0 Å². The van der Waals surface area contributed by atoms with E-state index in [2.05, 4.69) is 16.0 Å². The number of nitrogens with one attached hydrogen (secondary N) is 3. The molecule has 3 amide bonds. The lowest BCUT2D eigenvalue weighted by Crippen LogP contribution is -2.19. The van der Waals surface area contributed by atoms with Gasteiger partial charge in [-0.05, 0) is 48.0 Å². The molecule has 1 aliphatic carbocycles. The SMILES string of the molecule is CCC(=O)Nc1c(F)ccc(NC(=O)c2cc(NC(=O)[C@H]3[C@H](c4cc(Cl)c(Cl)c(Cl)c4)C3(Cl)Cl)ccc2Cl)c1F.[HH].[HH].[HH]. The van der Waals surface area contributed by atoms with Crippen molar-refractivity contribution in [3.63, 3.8) is 0 Å². The molecule has 6 nitrogen and oxygen atoms in total. The van der Waals surface area contributed by atoms with Gasteiger partial charge >= 0.3 is 0 Å². The number of benzene rings is 3. The summed E-state index contributed by atoms with van der Waals surface area (Å²) in [5, 5.41) is 7.51. The number of halogens is 8. The quantitative estimate of drug-likeness (QED) is 0.172. The van der Waals surface area contributed by atoms with Crippen molar-refractivity contribution in [2.45, 2.75) is 23.6 Å². The predicted molar refractivity (Wildman–Crippen MR) is 162 cm³/mol. The number of hydrogen-bond donors (Lipinski definition) is 3. The fourth-order valence-electron chi connectivity index (χ4n) is 4.00. The molecule has 0 saturated heterocycles. The van der Waals surface area contributed by atoms with Crippen molar-refractivity contribution in [3.8, 4) is 0 Å². The highest BCUT2D eigenvalue weighted by molar-refractivity contribution is 6.54. The first-order valence-electron chi connectivity index (χ1n) is 11.5. The third-order valence-electron chi connectivity index (χ3n) is 6.10. The van der Waals surface area contributed by atoms with Crippen LogP contribution in [0.4, 0.5) is 25.8 Å². The van der Waals surface area contributed by atoms with Crippen molar-refractivity contribution in [2.24, 2.45) is 5.92 Å². The minimum absolute atomic E-state index is 0. The maximum atomic E-state index is 14.9. The van der Waals surface area contributed by atoms with Crippen molar-refractivity contribution in [3.05, 3.63) is 85.3 Å². The standard InChI is InChI=1S/C26H17Cl6F2N3O3.3H2/c1-2-18(38)37-23-16(33)5-6-17(22(23)34)36-24(39)12-9-11(3-4-13(12)27)35-25(40)20-19(26(20,31)32)10-7-14(28)21(30)15(29)8-10;;;/h3-9,19-20H,2H2,1H3,(H,35,40)(H,36,39)(H,37,38);3*1H/t19-,20+;;;/m0.../s1. The van der Waals surface area contributed by atoms with Crippen LogP contribution in [0.2, 0.25) is 20.1 Å². The van der Waals surface area contributed by atoms with Crippen LogP contribution in [0.25, 0.3) is 0 Å². The molecule has 0 unspecified atom stereocenters. The van der Waals surface area contributed by atoms with Crippen LogP contribution in [0, 0.1) is 17.6 Å². The number of amides is 3. The molecule has 1 aliphatic rings. The number of carbonyl (C=O) groups is 3. The molecule has 1 fully saturated rings. The second-order valence-corrected chi connectivity index (χ2v) is 11.8. The molecule has 0 aliphatic heterocycles. The molecule has 3 aromatic carbocycles. The van der Waals surface area contributed by atoms with Gasteiger partial charge in [-0.3, -0.25) is 14.4 Å².